The van der Waals surface area contributed by atoms with Crippen LogP contribution in [0.3, 0.4) is 0 Å². The van der Waals surface area contributed by atoms with Crippen LogP contribution in [-0.2, 0) is 26.3 Å². The highest BCUT2D eigenvalue weighted by molar-refractivity contribution is 7.90. The Morgan fingerprint density at radius 3 is 2.24 bits per heavy atom. The van der Waals surface area contributed by atoms with E-state index in [0.717, 1.165) is 14.2 Å². The van der Waals surface area contributed by atoms with Gasteiger partial charge in [-0.2, -0.15) is 12.7 Å². The highest BCUT2D eigenvalue weighted by atomic mass is 35.5. The smallest absolute Gasteiger partial charge is 0.304 e. The molecule has 2 aromatic rings. The van der Waals surface area contributed by atoms with Crippen LogP contribution in [0.5, 0.6) is 0 Å². The van der Waals surface area contributed by atoms with Gasteiger partial charge in [-0.15, -0.1) is 0 Å². The van der Waals surface area contributed by atoms with Crippen molar-refractivity contribution in [3.63, 3.8) is 0 Å². The number of amides is 2. The van der Waals surface area contributed by atoms with Gasteiger partial charge in [0.15, 0.2) is 0 Å². The largest absolute Gasteiger partial charge is 0.354 e. The van der Waals surface area contributed by atoms with Crippen LogP contribution < -0.4 is 9.62 Å². The van der Waals surface area contributed by atoms with Crippen molar-refractivity contribution in [3.05, 3.63) is 63.1 Å². The lowest BCUT2D eigenvalue weighted by Crippen LogP contribution is -2.53. The Bertz CT molecular complexity index is 1250. The lowest BCUT2D eigenvalue weighted by Gasteiger charge is -2.34. The quantitative estimate of drug-likeness (QED) is 0.388. The number of aryl methyl sites for hydroxylation is 2. The van der Waals surface area contributed by atoms with Gasteiger partial charge in [-0.25, -0.2) is 4.31 Å². The summed E-state index contributed by atoms with van der Waals surface area (Å²) >= 11 is 12.5. The average molecular weight is 586 g/mol. The third-order valence-electron chi connectivity index (χ3n) is 6.08. The maximum absolute atomic E-state index is 14.0. The van der Waals surface area contributed by atoms with E-state index >= 15 is 0 Å². The summed E-state index contributed by atoms with van der Waals surface area (Å²) in [6.45, 7) is 9.36. The molecule has 0 unspecified atom stereocenters. The van der Waals surface area contributed by atoms with Crippen molar-refractivity contribution in [3.8, 4) is 0 Å². The minimum absolute atomic E-state index is 0.00505. The summed E-state index contributed by atoms with van der Waals surface area (Å²) < 4.78 is 29.0. The third-order valence-corrected chi connectivity index (χ3v) is 8.47. The first-order valence-electron chi connectivity index (χ1n) is 12.5. The summed E-state index contributed by atoms with van der Waals surface area (Å²) in [7, 11) is -1.22. The van der Waals surface area contributed by atoms with Gasteiger partial charge < -0.3 is 10.2 Å². The number of hydrogen-bond donors (Lipinski definition) is 1. The lowest BCUT2D eigenvalue weighted by molar-refractivity contribution is -0.140. The fourth-order valence-corrected chi connectivity index (χ4v) is 5.45. The second-order valence-electron chi connectivity index (χ2n) is 9.91. The molecule has 11 heteroatoms. The second-order valence-corrected chi connectivity index (χ2v) is 12.8. The molecule has 210 valence electrons. The van der Waals surface area contributed by atoms with Crippen molar-refractivity contribution in [1.82, 2.24) is 14.5 Å². The zero-order chi connectivity index (χ0) is 28.8. The molecule has 0 fully saturated rings. The van der Waals surface area contributed by atoms with Crippen LogP contribution in [0.1, 0.15) is 43.9 Å². The second kappa shape index (κ2) is 13.6. The number of nitrogens with one attached hydrogen (secondary N) is 1. The summed E-state index contributed by atoms with van der Waals surface area (Å²) in [4.78, 5) is 28.6. The molecule has 38 heavy (non-hydrogen) atoms. The third kappa shape index (κ3) is 8.09. The van der Waals surface area contributed by atoms with E-state index in [1.807, 2.05) is 39.8 Å². The van der Waals surface area contributed by atoms with E-state index in [1.54, 1.807) is 31.2 Å². The van der Waals surface area contributed by atoms with E-state index in [1.165, 1.54) is 19.0 Å². The van der Waals surface area contributed by atoms with Gasteiger partial charge >= 0.3 is 10.2 Å². The van der Waals surface area contributed by atoms with Crippen LogP contribution in [0, 0.1) is 19.8 Å². The lowest BCUT2D eigenvalue weighted by atomic mass is 10.1. The predicted molar refractivity (Wildman–Crippen MR) is 155 cm³/mol. The molecule has 0 aromatic heterocycles. The van der Waals surface area contributed by atoms with Crippen molar-refractivity contribution in [1.29, 1.82) is 0 Å². The number of carbonyl (C=O) groups is 2. The van der Waals surface area contributed by atoms with Gasteiger partial charge in [0, 0.05) is 37.2 Å². The molecule has 0 aliphatic rings. The van der Waals surface area contributed by atoms with Gasteiger partial charge in [-0.05, 0) is 61.1 Å². The number of anilines is 1. The van der Waals surface area contributed by atoms with Crippen molar-refractivity contribution in [2.75, 3.05) is 31.5 Å². The molecule has 0 saturated carbocycles. The van der Waals surface area contributed by atoms with Crippen LogP contribution in [0.25, 0.3) is 0 Å². The van der Waals surface area contributed by atoms with E-state index in [0.29, 0.717) is 39.8 Å². The molecule has 1 N–H and O–H groups in total. The fraction of sp³-hybridized carbons (Fsp3) is 0.481. The molecule has 8 nitrogen and oxygen atoms in total. The molecule has 2 aromatic carbocycles. The Hall–Kier alpha value is -2.33. The monoisotopic (exact) mass is 584 g/mol. The molecule has 0 heterocycles. The average Bonchev–Trinajstić information content (AvgIpc) is 2.83. The maximum Gasteiger partial charge on any atom is 0.304 e. The summed E-state index contributed by atoms with van der Waals surface area (Å²) in [5.41, 5.74) is 2.53. The number of halogens is 2. The first kappa shape index (κ1) is 31.9. The van der Waals surface area contributed by atoms with Gasteiger partial charge in [0.05, 0.1) is 5.69 Å². The van der Waals surface area contributed by atoms with E-state index in [-0.39, 0.29) is 18.4 Å². The Balaban J connectivity index is 2.57. The van der Waals surface area contributed by atoms with Gasteiger partial charge in [-0.1, -0.05) is 62.2 Å². The van der Waals surface area contributed by atoms with E-state index in [9.17, 15) is 18.0 Å². The summed E-state index contributed by atoms with van der Waals surface area (Å²) in [5.74, 6) is -0.626. The summed E-state index contributed by atoms with van der Waals surface area (Å²) in [6, 6.07) is 9.51. The summed E-state index contributed by atoms with van der Waals surface area (Å²) in [5, 5.41) is 3.69. The van der Waals surface area contributed by atoms with Crippen LogP contribution >= 0.6 is 23.2 Å². The molecular weight excluding hydrogens is 547 g/mol. The van der Waals surface area contributed by atoms with Crippen LogP contribution in [-0.4, -0.2) is 62.7 Å². The highest BCUT2D eigenvalue weighted by Crippen LogP contribution is 2.27. The highest BCUT2D eigenvalue weighted by Gasteiger charge is 2.34. The minimum Gasteiger partial charge on any atom is -0.354 e. The van der Waals surface area contributed by atoms with Crippen molar-refractivity contribution in [2.24, 2.45) is 5.92 Å². The Morgan fingerprint density at radius 2 is 1.68 bits per heavy atom. The van der Waals surface area contributed by atoms with Crippen LogP contribution in [0.15, 0.2) is 36.4 Å². The SMILES string of the molecule is CC[C@H](C(=O)NCC(C)C)N(Cc1ccc(Cl)cc1Cl)C(=O)CN(c1cc(C)ccc1C)S(=O)(=O)N(C)C. The van der Waals surface area contributed by atoms with E-state index < -0.39 is 28.7 Å². The molecule has 2 amide bonds. The minimum atomic E-state index is -4.05. The van der Waals surface area contributed by atoms with Gasteiger partial charge in [0.25, 0.3) is 0 Å². The molecule has 0 bridgehead atoms. The molecule has 0 radical (unpaired) electrons. The van der Waals surface area contributed by atoms with Gasteiger partial charge in [0.2, 0.25) is 11.8 Å². The van der Waals surface area contributed by atoms with E-state index in [4.69, 9.17) is 23.2 Å². The summed E-state index contributed by atoms with van der Waals surface area (Å²) in [6.07, 6.45) is 0.324. The standard InChI is InChI=1S/C27H38Cl2N4O4S/c1-8-24(27(35)30-15-18(2)3)32(16-21-11-12-22(28)14-23(21)29)26(34)17-33(38(36,37)31(6)7)25-13-19(4)9-10-20(25)5/h9-14,18,24H,8,15-17H2,1-7H3,(H,30,35)/t24-/m1/s1. The van der Waals surface area contributed by atoms with Crippen molar-refractivity contribution >= 4 is 50.9 Å². The zero-order valence-electron chi connectivity index (χ0n) is 23.1. The molecule has 0 aliphatic heterocycles. The predicted octanol–water partition coefficient (Wildman–Crippen LogP) is 4.80. The molecule has 1 atom stereocenters. The molecule has 0 spiro atoms. The van der Waals surface area contributed by atoms with E-state index in [2.05, 4.69) is 5.32 Å². The first-order chi connectivity index (χ1) is 17.7. The Morgan fingerprint density at radius 1 is 1.03 bits per heavy atom. The maximum atomic E-state index is 14.0. The molecule has 2 rings (SSSR count). The number of hydrogen-bond acceptors (Lipinski definition) is 4. The molecular formula is C27H38Cl2N4O4S. The normalized spacial score (nSPS) is 12.5. The fourth-order valence-electron chi connectivity index (χ4n) is 3.87. The van der Waals surface area contributed by atoms with Gasteiger partial charge in [0.1, 0.15) is 12.6 Å². The Labute approximate surface area is 237 Å². The molecule has 0 aliphatic carbocycles. The first-order valence-corrected chi connectivity index (χ1v) is 14.6. The molecule has 0 saturated heterocycles. The Kier molecular flexibility index (Phi) is 11.4. The van der Waals surface area contributed by atoms with Crippen LogP contribution in [0.4, 0.5) is 5.69 Å². The number of carbonyl (C=O) groups excluding carboxylic acids is 2. The number of nitrogens with zero attached hydrogens (tertiary/aromatic N) is 3. The zero-order valence-corrected chi connectivity index (χ0v) is 25.4. The van der Waals surface area contributed by atoms with Crippen molar-refractivity contribution < 1.29 is 18.0 Å². The number of benzene rings is 2. The topological polar surface area (TPSA) is 90.0 Å². The van der Waals surface area contributed by atoms with Gasteiger partial charge in [-0.3, -0.25) is 9.59 Å². The number of rotatable bonds is 12. The van der Waals surface area contributed by atoms with Crippen LogP contribution in [0.2, 0.25) is 10.0 Å². The van der Waals surface area contributed by atoms with Crippen molar-refractivity contribution in [2.45, 2.75) is 53.6 Å².